The van der Waals surface area contributed by atoms with E-state index in [1.54, 1.807) is 0 Å². The van der Waals surface area contributed by atoms with Crippen molar-refractivity contribution in [3.8, 4) is 34.1 Å². The van der Waals surface area contributed by atoms with Crippen LogP contribution in [0.2, 0.25) is 0 Å². The van der Waals surface area contributed by atoms with Crippen LogP contribution in [0.15, 0.2) is 91.4 Å². The van der Waals surface area contributed by atoms with Gasteiger partial charge in [0.25, 0.3) is 0 Å². The van der Waals surface area contributed by atoms with Gasteiger partial charge in [-0.05, 0) is 107 Å². The Bertz CT molecular complexity index is 2280. The van der Waals surface area contributed by atoms with E-state index in [9.17, 15) is 0 Å². The number of hydrogen-bond donors (Lipinski definition) is 0. The van der Waals surface area contributed by atoms with Crippen molar-refractivity contribution in [2.75, 3.05) is 0 Å². The van der Waals surface area contributed by atoms with Crippen LogP contribution < -0.4 is 4.74 Å². The zero-order chi connectivity index (χ0) is 34.9. The molecule has 0 aliphatic heterocycles. The minimum atomic E-state index is 0. The fourth-order valence-corrected chi connectivity index (χ4v) is 7.43. The number of nitrogens with zero attached hydrogens (tertiary/aromatic N) is 4. The first-order valence-corrected chi connectivity index (χ1v) is 18.0. The number of aryl methyl sites for hydroxylation is 1. The average Bonchev–Trinajstić information content (AvgIpc) is 3.71. The zero-order valence-electron chi connectivity index (χ0n) is 30.7. The molecule has 51 heavy (non-hydrogen) atoms. The maximum Gasteiger partial charge on any atom is 2.00 e. The third-order valence-electron chi connectivity index (χ3n) is 9.47. The maximum atomic E-state index is 6.44. The summed E-state index contributed by atoms with van der Waals surface area (Å²) in [6.07, 6.45) is 10.2. The number of hydrogen-bond acceptors (Lipinski definition) is 3. The van der Waals surface area contributed by atoms with Gasteiger partial charge in [-0.25, -0.2) is 4.98 Å². The minimum Gasteiger partial charge on any atom is -0.509 e. The van der Waals surface area contributed by atoms with Crippen molar-refractivity contribution in [1.82, 2.24) is 19.3 Å². The van der Waals surface area contributed by atoms with Crippen LogP contribution in [0.25, 0.3) is 44.4 Å². The zero-order valence-corrected chi connectivity index (χ0v) is 32.9. The Labute approximate surface area is 317 Å². The van der Waals surface area contributed by atoms with Gasteiger partial charge in [0.1, 0.15) is 5.82 Å². The van der Waals surface area contributed by atoms with E-state index in [2.05, 4.69) is 114 Å². The molecule has 0 radical (unpaired) electrons. The van der Waals surface area contributed by atoms with Crippen molar-refractivity contribution >= 4 is 21.8 Å². The summed E-state index contributed by atoms with van der Waals surface area (Å²) in [5.41, 5.74) is 12.4. The van der Waals surface area contributed by atoms with Crippen molar-refractivity contribution in [2.24, 2.45) is 11.8 Å². The molecule has 3 aromatic heterocycles. The first-order chi connectivity index (χ1) is 24.2. The molecule has 0 saturated heterocycles. The van der Waals surface area contributed by atoms with Crippen molar-refractivity contribution in [1.29, 1.82) is 0 Å². The summed E-state index contributed by atoms with van der Waals surface area (Å²) in [5, 5.41) is 7.13. The Morgan fingerprint density at radius 2 is 1.47 bits per heavy atom. The molecule has 0 amide bonds. The van der Waals surface area contributed by atoms with Crippen LogP contribution in [0.4, 0.5) is 0 Å². The van der Waals surface area contributed by atoms with Gasteiger partial charge in [0.2, 0.25) is 0 Å². The number of ether oxygens (including phenoxy) is 1. The van der Waals surface area contributed by atoms with E-state index in [1.165, 1.54) is 27.8 Å². The van der Waals surface area contributed by atoms with E-state index >= 15 is 0 Å². The van der Waals surface area contributed by atoms with Gasteiger partial charge in [0, 0.05) is 35.0 Å². The van der Waals surface area contributed by atoms with Crippen LogP contribution in [0.5, 0.6) is 11.5 Å². The molecule has 3 heterocycles. The molecule has 0 unspecified atom stereocenters. The van der Waals surface area contributed by atoms with Crippen LogP contribution in [0, 0.1) is 30.9 Å². The molecule has 4 aromatic carbocycles. The number of benzene rings is 4. The molecule has 5 nitrogen and oxygen atoms in total. The normalized spacial score (nSPS) is 11.5. The molecule has 0 aliphatic carbocycles. The van der Waals surface area contributed by atoms with Crippen LogP contribution in [-0.2, 0) is 46.7 Å². The Balaban J connectivity index is 0.00000448. The van der Waals surface area contributed by atoms with Gasteiger partial charge in [-0.2, -0.15) is 17.2 Å². The Kier molecular flexibility index (Phi) is 11.0. The first-order valence-electron chi connectivity index (χ1n) is 18.0. The molecule has 262 valence electrons. The second-order valence-corrected chi connectivity index (χ2v) is 14.2. The Morgan fingerprint density at radius 1 is 0.765 bits per heavy atom. The number of aromatic nitrogens is 4. The first kappa shape index (κ1) is 36.3. The van der Waals surface area contributed by atoms with Crippen LogP contribution in [0.1, 0.15) is 69.4 Å². The number of para-hydroxylation sites is 1. The third-order valence-corrected chi connectivity index (χ3v) is 9.47. The molecule has 0 aliphatic rings. The number of pyridine rings is 1. The molecule has 7 aromatic rings. The number of rotatable bonds is 11. The SMILES string of the molecule is CCc1c(CC(C)C)cc(CC(C)C)c(CC)c1-c1cnn(-c2[c-]c(Oc3[c-]c4c(cc3)c3ccccc3n4-c3cc(C)ccn3)ccc2)c1.[Pt+2]. The number of fused-ring (bicyclic) bond motifs is 3. The maximum absolute atomic E-state index is 6.44. The molecular weight excluding hydrogens is 808 g/mol. The summed E-state index contributed by atoms with van der Waals surface area (Å²) in [4.78, 5) is 4.71. The summed E-state index contributed by atoms with van der Waals surface area (Å²) in [7, 11) is 0. The van der Waals surface area contributed by atoms with Gasteiger partial charge < -0.3 is 9.30 Å². The molecule has 7 rings (SSSR count). The van der Waals surface area contributed by atoms with Crippen molar-refractivity contribution in [3.05, 3.63) is 131 Å². The summed E-state index contributed by atoms with van der Waals surface area (Å²) in [6.45, 7) is 15.9. The average molecular weight is 854 g/mol. The molecular formula is C45H46N4OPt. The molecule has 0 fully saturated rings. The van der Waals surface area contributed by atoms with Gasteiger partial charge in [0.15, 0.2) is 0 Å². The van der Waals surface area contributed by atoms with E-state index < -0.39 is 0 Å². The predicted octanol–water partition coefficient (Wildman–Crippen LogP) is 11.3. The van der Waals surface area contributed by atoms with Gasteiger partial charge >= 0.3 is 21.1 Å². The topological polar surface area (TPSA) is 44.9 Å². The van der Waals surface area contributed by atoms with E-state index in [1.807, 2.05) is 47.4 Å². The van der Waals surface area contributed by atoms with E-state index in [-0.39, 0.29) is 21.1 Å². The second kappa shape index (κ2) is 15.4. The van der Waals surface area contributed by atoms with Crippen LogP contribution in [-0.4, -0.2) is 19.3 Å². The van der Waals surface area contributed by atoms with Crippen LogP contribution >= 0.6 is 0 Å². The fraction of sp³-hybridized carbons (Fsp3) is 0.289. The summed E-state index contributed by atoms with van der Waals surface area (Å²) in [5.74, 6) is 3.26. The quantitative estimate of drug-likeness (QED) is 0.122. The molecule has 0 saturated carbocycles. The molecule has 0 atom stereocenters. The van der Waals surface area contributed by atoms with Crippen molar-refractivity contribution in [3.63, 3.8) is 0 Å². The monoisotopic (exact) mass is 853 g/mol. The van der Waals surface area contributed by atoms with E-state index in [4.69, 9.17) is 14.8 Å². The van der Waals surface area contributed by atoms with E-state index in [0.29, 0.717) is 23.3 Å². The summed E-state index contributed by atoms with van der Waals surface area (Å²) >= 11 is 0. The van der Waals surface area contributed by atoms with Crippen molar-refractivity contribution in [2.45, 2.75) is 74.1 Å². The fourth-order valence-electron chi connectivity index (χ4n) is 7.43. The minimum absolute atomic E-state index is 0. The Hall–Kier alpha value is -4.47. The Morgan fingerprint density at radius 3 is 2.16 bits per heavy atom. The molecule has 0 bridgehead atoms. The van der Waals surface area contributed by atoms with Gasteiger partial charge in [-0.3, -0.25) is 4.68 Å². The van der Waals surface area contributed by atoms with E-state index in [0.717, 1.165) is 70.1 Å². The second-order valence-electron chi connectivity index (χ2n) is 14.2. The smallest absolute Gasteiger partial charge is 0.509 e. The van der Waals surface area contributed by atoms with Gasteiger partial charge in [-0.1, -0.05) is 71.3 Å². The van der Waals surface area contributed by atoms with Crippen molar-refractivity contribution < 1.29 is 25.8 Å². The van der Waals surface area contributed by atoms with Crippen LogP contribution in [0.3, 0.4) is 0 Å². The molecule has 6 heteroatoms. The van der Waals surface area contributed by atoms with Gasteiger partial charge in [0.05, 0.1) is 6.20 Å². The standard InChI is InChI=1S/C45H46N4O.Pt/c1-8-38-32(21-29(3)4)24-33(22-30(5)6)39(9-2)45(38)34-27-47-48(28-34)35-13-12-14-36(25-35)50-37-17-18-41-40-15-10-11-16-42(40)49(43(41)26-37)44-23-31(7)19-20-46-44;/h10-20,23-24,27-30H,8-9,21-22H2,1-7H3;/q-2;+2. The third kappa shape index (κ3) is 7.32. The molecule has 0 spiro atoms. The predicted molar refractivity (Wildman–Crippen MR) is 206 cm³/mol. The molecule has 0 N–H and O–H groups in total. The van der Waals surface area contributed by atoms with Gasteiger partial charge in [-0.15, -0.1) is 35.7 Å². The summed E-state index contributed by atoms with van der Waals surface area (Å²) < 4.78 is 10.5. The summed E-state index contributed by atoms with van der Waals surface area (Å²) in [6, 6.07) is 32.1. The largest absolute Gasteiger partial charge is 2.00 e.